The summed E-state index contributed by atoms with van der Waals surface area (Å²) in [6.07, 6.45) is -0.456. The Kier molecular flexibility index (Phi) is 6.48. The van der Waals surface area contributed by atoms with Gasteiger partial charge in [0.05, 0.1) is 12.1 Å². The van der Waals surface area contributed by atoms with Crippen LogP contribution in [0.25, 0.3) is 0 Å². The van der Waals surface area contributed by atoms with Crippen molar-refractivity contribution in [3.63, 3.8) is 0 Å². The van der Waals surface area contributed by atoms with Crippen molar-refractivity contribution in [3.8, 4) is 0 Å². The molecule has 0 heterocycles. The summed E-state index contributed by atoms with van der Waals surface area (Å²) < 4.78 is 43.8. The van der Waals surface area contributed by atoms with Crippen LogP contribution in [0.1, 0.15) is 23.2 Å². The molecule has 0 aromatic heterocycles. The quantitative estimate of drug-likeness (QED) is 0.604. The minimum Gasteiger partial charge on any atom is -0.456 e. The predicted molar refractivity (Wildman–Crippen MR) is 85.9 cm³/mol. The van der Waals surface area contributed by atoms with Crippen molar-refractivity contribution in [1.29, 1.82) is 0 Å². The molecular weight excluding hydrogens is 351 g/mol. The summed E-state index contributed by atoms with van der Waals surface area (Å²) in [6, 6.07) is 7.37. The van der Waals surface area contributed by atoms with Crippen molar-refractivity contribution in [1.82, 2.24) is 0 Å². The number of amides is 1. The number of ether oxygens (including phenoxy) is 1. The molecule has 0 saturated heterocycles. The zero-order valence-electron chi connectivity index (χ0n) is 13.4. The lowest BCUT2D eigenvalue weighted by Gasteiger charge is -2.07. The molecule has 2 aromatic carbocycles. The molecule has 0 saturated carbocycles. The van der Waals surface area contributed by atoms with Gasteiger partial charge in [-0.05, 0) is 36.4 Å². The lowest BCUT2D eigenvalue weighted by molar-refractivity contribution is -0.147. The van der Waals surface area contributed by atoms with Gasteiger partial charge in [-0.2, -0.15) is 0 Å². The summed E-state index contributed by atoms with van der Waals surface area (Å²) in [6.45, 7) is -0.709. The first-order chi connectivity index (χ1) is 12.3. The van der Waals surface area contributed by atoms with Gasteiger partial charge >= 0.3 is 5.97 Å². The molecule has 0 spiro atoms. The standard InChI is InChI=1S/C18H14F3NO4/c19-12-3-1-11(2-4-12)16(23)7-8-18(25)26-10-17(24)22-15-9-13(20)5-6-14(15)21/h1-6,9H,7-8,10H2,(H,22,24). The topological polar surface area (TPSA) is 72.5 Å². The Bertz CT molecular complexity index is 822. The first kappa shape index (κ1) is 19.2. The summed E-state index contributed by atoms with van der Waals surface area (Å²) in [4.78, 5) is 35.0. The first-order valence-corrected chi connectivity index (χ1v) is 7.54. The number of ketones is 1. The average molecular weight is 365 g/mol. The Morgan fingerprint density at radius 1 is 0.885 bits per heavy atom. The van der Waals surface area contributed by atoms with E-state index < -0.39 is 35.9 Å². The Labute approximate surface area is 146 Å². The fourth-order valence-corrected chi connectivity index (χ4v) is 1.99. The van der Waals surface area contributed by atoms with Crippen LogP contribution >= 0.6 is 0 Å². The zero-order chi connectivity index (χ0) is 19.1. The predicted octanol–water partition coefficient (Wildman–Crippen LogP) is 3.25. The number of hydrogen-bond acceptors (Lipinski definition) is 4. The summed E-state index contributed by atoms with van der Waals surface area (Å²) >= 11 is 0. The number of Topliss-reactive ketones (excluding diaryl/α,β-unsaturated/α-hetero) is 1. The van der Waals surface area contributed by atoms with Gasteiger partial charge in [-0.1, -0.05) is 0 Å². The molecule has 0 unspecified atom stereocenters. The third-order valence-electron chi connectivity index (χ3n) is 3.29. The van der Waals surface area contributed by atoms with Crippen LogP contribution in [-0.4, -0.2) is 24.3 Å². The van der Waals surface area contributed by atoms with E-state index in [0.29, 0.717) is 0 Å². The highest BCUT2D eigenvalue weighted by Crippen LogP contribution is 2.15. The lowest BCUT2D eigenvalue weighted by Crippen LogP contribution is -2.21. The number of nitrogens with one attached hydrogen (secondary N) is 1. The van der Waals surface area contributed by atoms with Gasteiger partial charge in [0.25, 0.3) is 5.91 Å². The van der Waals surface area contributed by atoms with Gasteiger partial charge in [-0.3, -0.25) is 14.4 Å². The van der Waals surface area contributed by atoms with Gasteiger partial charge < -0.3 is 10.1 Å². The molecular formula is C18H14F3NO4. The Hall–Kier alpha value is -3.16. The third kappa shape index (κ3) is 5.73. The van der Waals surface area contributed by atoms with E-state index in [2.05, 4.69) is 10.1 Å². The lowest BCUT2D eigenvalue weighted by atomic mass is 10.1. The maximum absolute atomic E-state index is 13.4. The van der Waals surface area contributed by atoms with E-state index in [1.807, 2.05) is 0 Å². The molecule has 2 aromatic rings. The maximum atomic E-state index is 13.4. The third-order valence-corrected chi connectivity index (χ3v) is 3.29. The van der Waals surface area contributed by atoms with Crippen LogP contribution in [0, 0.1) is 17.5 Å². The molecule has 0 bridgehead atoms. The van der Waals surface area contributed by atoms with Gasteiger partial charge in [0.2, 0.25) is 0 Å². The molecule has 0 aliphatic heterocycles. The summed E-state index contributed by atoms with van der Waals surface area (Å²) in [5.41, 5.74) is -0.129. The molecule has 0 aliphatic carbocycles. The SMILES string of the molecule is O=C(COC(=O)CCC(=O)c1ccc(F)cc1)Nc1cc(F)ccc1F. The van der Waals surface area contributed by atoms with Crippen molar-refractivity contribution in [3.05, 3.63) is 65.5 Å². The number of carbonyl (C=O) groups is 3. The highest BCUT2D eigenvalue weighted by molar-refractivity contribution is 5.98. The van der Waals surface area contributed by atoms with Crippen LogP contribution in [0.15, 0.2) is 42.5 Å². The number of carbonyl (C=O) groups excluding carboxylic acids is 3. The van der Waals surface area contributed by atoms with Gasteiger partial charge in [0.15, 0.2) is 12.4 Å². The largest absolute Gasteiger partial charge is 0.456 e. The van der Waals surface area contributed by atoms with Crippen LogP contribution < -0.4 is 5.32 Å². The van der Waals surface area contributed by atoms with E-state index in [1.54, 1.807) is 0 Å². The van der Waals surface area contributed by atoms with Gasteiger partial charge in [0, 0.05) is 18.1 Å². The van der Waals surface area contributed by atoms with Crippen molar-refractivity contribution in [2.45, 2.75) is 12.8 Å². The summed E-state index contributed by atoms with van der Waals surface area (Å²) in [7, 11) is 0. The molecule has 5 nitrogen and oxygen atoms in total. The molecule has 0 atom stereocenters. The Morgan fingerprint density at radius 3 is 2.23 bits per heavy atom. The molecule has 8 heteroatoms. The molecule has 0 fully saturated rings. The van der Waals surface area contributed by atoms with Crippen molar-refractivity contribution in [2.75, 3.05) is 11.9 Å². The molecule has 2 rings (SSSR count). The number of halogens is 3. The monoisotopic (exact) mass is 365 g/mol. The van der Waals surface area contributed by atoms with E-state index in [0.717, 1.165) is 30.3 Å². The minimum atomic E-state index is -0.854. The number of anilines is 1. The van der Waals surface area contributed by atoms with Crippen molar-refractivity contribution >= 4 is 23.3 Å². The number of esters is 1. The second-order valence-electron chi connectivity index (χ2n) is 5.26. The second kappa shape index (κ2) is 8.80. The minimum absolute atomic E-state index is 0.176. The van der Waals surface area contributed by atoms with E-state index >= 15 is 0 Å². The molecule has 136 valence electrons. The van der Waals surface area contributed by atoms with E-state index in [-0.39, 0.29) is 29.9 Å². The molecule has 0 radical (unpaired) electrons. The van der Waals surface area contributed by atoms with Crippen molar-refractivity contribution < 1.29 is 32.3 Å². The second-order valence-corrected chi connectivity index (χ2v) is 5.26. The van der Waals surface area contributed by atoms with Gasteiger partial charge in [-0.25, -0.2) is 13.2 Å². The Morgan fingerprint density at radius 2 is 1.54 bits per heavy atom. The normalized spacial score (nSPS) is 10.3. The van der Waals surface area contributed by atoms with Crippen LogP contribution in [0.3, 0.4) is 0 Å². The van der Waals surface area contributed by atoms with Crippen molar-refractivity contribution in [2.24, 2.45) is 0 Å². The number of benzene rings is 2. The maximum Gasteiger partial charge on any atom is 0.306 e. The summed E-state index contributed by atoms with van der Waals surface area (Å²) in [5, 5.41) is 2.07. The molecule has 1 N–H and O–H groups in total. The fraction of sp³-hybridized carbons (Fsp3) is 0.167. The smallest absolute Gasteiger partial charge is 0.306 e. The van der Waals surface area contributed by atoms with Gasteiger partial charge in [0.1, 0.15) is 17.5 Å². The summed E-state index contributed by atoms with van der Waals surface area (Å²) in [5.74, 6) is -4.10. The highest BCUT2D eigenvalue weighted by atomic mass is 19.1. The van der Waals surface area contributed by atoms with Gasteiger partial charge in [-0.15, -0.1) is 0 Å². The van der Waals surface area contributed by atoms with E-state index in [9.17, 15) is 27.6 Å². The first-order valence-electron chi connectivity index (χ1n) is 7.54. The molecule has 26 heavy (non-hydrogen) atoms. The van der Waals surface area contributed by atoms with Crippen LogP contribution in [0.5, 0.6) is 0 Å². The highest BCUT2D eigenvalue weighted by Gasteiger charge is 2.13. The average Bonchev–Trinajstić information content (AvgIpc) is 2.61. The van der Waals surface area contributed by atoms with E-state index in [1.165, 1.54) is 12.1 Å². The number of hydrogen-bond donors (Lipinski definition) is 1. The zero-order valence-corrected chi connectivity index (χ0v) is 13.4. The Balaban J connectivity index is 1.75. The van der Waals surface area contributed by atoms with Crippen LogP contribution in [0.2, 0.25) is 0 Å². The van der Waals surface area contributed by atoms with Crippen LogP contribution in [-0.2, 0) is 14.3 Å². The fourth-order valence-electron chi connectivity index (χ4n) is 1.99. The number of rotatable bonds is 7. The van der Waals surface area contributed by atoms with Crippen LogP contribution in [0.4, 0.5) is 18.9 Å². The van der Waals surface area contributed by atoms with E-state index in [4.69, 9.17) is 0 Å². The molecule has 0 aliphatic rings. The molecule has 1 amide bonds.